The Kier molecular flexibility index (Phi) is 2.52. The predicted molar refractivity (Wildman–Crippen MR) is 75.5 cm³/mol. The maximum absolute atomic E-state index is 5.94. The largest absolute Gasteiger partial charge is 0.454 e. The fourth-order valence-electron chi connectivity index (χ4n) is 2.08. The fourth-order valence-corrected chi connectivity index (χ4v) is 2.36. The first-order valence-electron chi connectivity index (χ1n) is 5.82. The van der Waals surface area contributed by atoms with Crippen LogP contribution in [0.1, 0.15) is 0 Å². The molecule has 0 atom stereocenters. The summed E-state index contributed by atoms with van der Waals surface area (Å²) in [6, 6.07) is 7.31. The van der Waals surface area contributed by atoms with E-state index < -0.39 is 0 Å². The van der Waals surface area contributed by atoms with Crippen molar-refractivity contribution in [2.45, 2.75) is 0 Å². The molecule has 0 unspecified atom stereocenters. The average Bonchev–Trinajstić information content (AvgIpc) is 3.04. The van der Waals surface area contributed by atoms with Crippen molar-refractivity contribution in [3.8, 4) is 22.9 Å². The molecule has 3 heterocycles. The molecule has 1 aromatic carbocycles. The van der Waals surface area contributed by atoms with Crippen LogP contribution in [0.4, 0.5) is 0 Å². The smallest absolute Gasteiger partial charge is 0.231 e. The Balaban J connectivity index is 1.86. The Morgan fingerprint density at radius 1 is 1.05 bits per heavy atom. The molecule has 0 saturated carbocycles. The Bertz CT molecular complexity index is 793. The molecule has 100 valence electrons. The van der Waals surface area contributed by atoms with Gasteiger partial charge in [0.05, 0.1) is 10.5 Å². The van der Waals surface area contributed by atoms with Gasteiger partial charge in [-0.05, 0) is 24.3 Å². The van der Waals surface area contributed by atoms with Gasteiger partial charge in [-0.25, -0.2) is 9.97 Å². The van der Waals surface area contributed by atoms with E-state index >= 15 is 0 Å². The van der Waals surface area contributed by atoms with Crippen LogP contribution >= 0.6 is 23.2 Å². The number of pyridine rings is 1. The molecule has 0 spiro atoms. The molecule has 7 heteroatoms. The molecule has 2 aromatic heterocycles. The molecule has 0 fully saturated rings. The predicted octanol–water partition coefficient (Wildman–Crippen LogP) is 3.66. The topological polar surface area (TPSA) is 60.0 Å². The van der Waals surface area contributed by atoms with Crippen LogP contribution in [0.25, 0.3) is 22.6 Å². The average molecular weight is 308 g/mol. The quantitative estimate of drug-likeness (QED) is 0.697. The minimum atomic E-state index is 0.239. The summed E-state index contributed by atoms with van der Waals surface area (Å²) in [5, 5.41) is 0.628. The van der Waals surface area contributed by atoms with Crippen LogP contribution in [0.15, 0.2) is 24.3 Å². The highest BCUT2D eigenvalue weighted by Gasteiger charge is 2.16. The molecular formula is C13H7Cl2N3O2. The lowest BCUT2D eigenvalue weighted by Gasteiger charge is -1.99. The summed E-state index contributed by atoms with van der Waals surface area (Å²) in [5.74, 6) is 2.10. The van der Waals surface area contributed by atoms with Crippen molar-refractivity contribution in [1.82, 2.24) is 15.0 Å². The molecule has 0 amide bonds. The second-order valence-corrected chi connectivity index (χ2v) is 5.05. The van der Waals surface area contributed by atoms with Crippen LogP contribution in [-0.2, 0) is 0 Å². The second kappa shape index (κ2) is 4.26. The molecular weight excluding hydrogens is 301 g/mol. The zero-order valence-electron chi connectivity index (χ0n) is 9.98. The lowest BCUT2D eigenvalue weighted by molar-refractivity contribution is 0.174. The molecule has 0 bridgehead atoms. The lowest BCUT2D eigenvalue weighted by Crippen LogP contribution is -1.92. The van der Waals surface area contributed by atoms with Gasteiger partial charge in [-0.3, -0.25) is 0 Å². The zero-order chi connectivity index (χ0) is 13.7. The highest BCUT2D eigenvalue weighted by Crippen LogP contribution is 2.35. The Hall–Kier alpha value is -1.98. The molecule has 0 aliphatic carbocycles. The third-order valence-corrected chi connectivity index (χ3v) is 3.70. The first kappa shape index (κ1) is 11.8. The van der Waals surface area contributed by atoms with Crippen molar-refractivity contribution in [2.75, 3.05) is 6.79 Å². The van der Waals surface area contributed by atoms with Crippen molar-refractivity contribution in [2.24, 2.45) is 0 Å². The summed E-state index contributed by atoms with van der Waals surface area (Å²) in [4.78, 5) is 11.7. The van der Waals surface area contributed by atoms with Crippen molar-refractivity contribution >= 4 is 34.4 Å². The number of rotatable bonds is 1. The minimum Gasteiger partial charge on any atom is -0.454 e. The molecule has 3 aromatic rings. The van der Waals surface area contributed by atoms with Gasteiger partial charge in [0, 0.05) is 5.56 Å². The molecule has 1 aliphatic rings. The van der Waals surface area contributed by atoms with E-state index in [1.807, 2.05) is 18.2 Å². The van der Waals surface area contributed by atoms with E-state index in [0.29, 0.717) is 22.2 Å². The minimum absolute atomic E-state index is 0.239. The van der Waals surface area contributed by atoms with Crippen molar-refractivity contribution in [3.63, 3.8) is 0 Å². The summed E-state index contributed by atoms with van der Waals surface area (Å²) in [6.45, 7) is 0.242. The maximum atomic E-state index is 5.94. The standard InChI is InChI=1S/C13H7Cl2N3O2/c14-7-4-8-13(17-11(7)15)18-12(16-8)6-1-2-9-10(3-6)20-5-19-9/h1-4H,5H2,(H,16,17,18). The lowest BCUT2D eigenvalue weighted by atomic mass is 10.2. The van der Waals surface area contributed by atoms with Gasteiger partial charge in [-0.2, -0.15) is 0 Å². The summed E-state index contributed by atoms with van der Waals surface area (Å²) in [5.41, 5.74) is 2.12. The number of fused-ring (bicyclic) bond motifs is 2. The number of hydrogen-bond donors (Lipinski definition) is 1. The third-order valence-electron chi connectivity index (χ3n) is 3.03. The fraction of sp³-hybridized carbons (Fsp3) is 0.0769. The van der Waals surface area contributed by atoms with Crippen LogP contribution in [0, 0.1) is 0 Å². The highest BCUT2D eigenvalue weighted by molar-refractivity contribution is 6.41. The Morgan fingerprint density at radius 3 is 2.80 bits per heavy atom. The molecule has 4 rings (SSSR count). The number of imidazole rings is 1. The number of hydrogen-bond acceptors (Lipinski definition) is 4. The van der Waals surface area contributed by atoms with Gasteiger partial charge >= 0.3 is 0 Å². The van der Waals surface area contributed by atoms with Gasteiger partial charge in [-0.15, -0.1) is 0 Å². The van der Waals surface area contributed by atoms with Crippen LogP contribution < -0.4 is 9.47 Å². The number of aromatic nitrogens is 3. The monoisotopic (exact) mass is 307 g/mol. The number of nitrogens with zero attached hydrogens (tertiary/aromatic N) is 2. The Labute approximate surface area is 123 Å². The van der Waals surface area contributed by atoms with Gasteiger partial charge in [-0.1, -0.05) is 23.2 Å². The van der Waals surface area contributed by atoms with Gasteiger partial charge < -0.3 is 14.5 Å². The maximum Gasteiger partial charge on any atom is 0.231 e. The van der Waals surface area contributed by atoms with Crippen LogP contribution in [0.5, 0.6) is 11.5 Å². The van der Waals surface area contributed by atoms with E-state index in [-0.39, 0.29) is 11.9 Å². The molecule has 1 N–H and O–H groups in total. The summed E-state index contributed by atoms with van der Waals surface area (Å²) in [7, 11) is 0. The molecule has 1 aliphatic heterocycles. The first-order chi connectivity index (χ1) is 9.70. The van der Waals surface area contributed by atoms with E-state index in [0.717, 1.165) is 16.8 Å². The molecule has 0 radical (unpaired) electrons. The van der Waals surface area contributed by atoms with E-state index in [4.69, 9.17) is 32.7 Å². The molecule has 20 heavy (non-hydrogen) atoms. The molecule has 0 saturated heterocycles. The van der Waals surface area contributed by atoms with Crippen LogP contribution in [-0.4, -0.2) is 21.7 Å². The van der Waals surface area contributed by atoms with Crippen LogP contribution in [0.2, 0.25) is 10.2 Å². The van der Waals surface area contributed by atoms with Crippen molar-refractivity contribution in [1.29, 1.82) is 0 Å². The van der Waals surface area contributed by atoms with Gasteiger partial charge in [0.1, 0.15) is 11.0 Å². The van der Waals surface area contributed by atoms with E-state index in [1.54, 1.807) is 6.07 Å². The van der Waals surface area contributed by atoms with E-state index in [9.17, 15) is 0 Å². The SMILES string of the molecule is Clc1cc2[nH]c(-c3ccc4c(c3)OCO4)nc2nc1Cl. The first-order valence-corrected chi connectivity index (χ1v) is 6.58. The summed E-state index contributed by atoms with van der Waals surface area (Å²) >= 11 is 11.8. The van der Waals surface area contributed by atoms with Gasteiger partial charge in [0.25, 0.3) is 0 Å². The zero-order valence-corrected chi connectivity index (χ0v) is 11.5. The Morgan fingerprint density at radius 2 is 1.90 bits per heavy atom. The van der Waals surface area contributed by atoms with Gasteiger partial charge in [0.2, 0.25) is 6.79 Å². The highest BCUT2D eigenvalue weighted by atomic mass is 35.5. The van der Waals surface area contributed by atoms with Crippen LogP contribution in [0.3, 0.4) is 0 Å². The van der Waals surface area contributed by atoms with E-state index in [1.165, 1.54) is 0 Å². The number of halogens is 2. The number of aromatic amines is 1. The van der Waals surface area contributed by atoms with Crippen molar-refractivity contribution < 1.29 is 9.47 Å². The number of H-pyrrole nitrogens is 1. The normalized spacial score (nSPS) is 13.1. The number of ether oxygens (including phenoxy) is 2. The molecule has 5 nitrogen and oxygen atoms in total. The van der Waals surface area contributed by atoms with E-state index in [2.05, 4.69) is 15.0 Å². The van der Waals surface area contributed by atoms with Crippen molar-refractivity contribution in [3.05, 3.63) is 34.4 Å². The summed E-state index contributed by atoms with van der Waals surface area (Å²) < 4.78 is 10.6. The second-order valence-electron chi connectivity index (χ2n) is 4.29. The summed E-state index contributed by atoms with van der Waals surface area (Å²) in [6.07, 6.45) is 0. The van der Waals surface area contributed by atoms with Gasteiger partial charge in [0.15, 0.2) is 17.1 Å². The number of nitrogens with one attached hydrogen (secondary N) is 1. The third kappa shape index (κ3) is 1.78. The number of benzene rings is 1.